The first-order chi connectivity index (χ1) is 15.0. The van der Waals surface area contributed by atoms with Gasteiger partial charge in [0.15, 0.2) is 0 Å². The first-order valence-corrected chi connectivity index (χ1v) is 15.7. The Bertz CT molecular complexity index is 971. The molecule has 31 heavy (non-hydrogen) atoms. The Morgan fingerprint density at radius 2 is 1.13 bits per heavy atom. The van der Waals surface area contributed by atoms with Gasteiger partial charge in [0, 0.05) is 0 Å². The van der Waals surface area contributed by atoms with Gasteiger partial charge in [-0.25, -0.2) is 0 Å². The second kappa shape index (κ2) is 9.57. The van der Waals surface area contributed by atoms with Crippen molar-refractivity contribution in [1.29, 1.82) is 0 Å². The van der Waals surface area contributed by atoms with Crippen molar-refractivity contribution in [2.75, 3.05) is 0 Å². The summed E-state index contributed by atoms with van der Waals surface area (Å²) in [7, 11) is 0. The normalized spacial score (nSPS) is 15.5. The number of hydrogen-bond donors (Lipinski definition) is 0. The van der Waals surface area contributed by atoms with Crippen LogP contribution in [0.4, 0.5) is 0 Å². The van der Waals surface area contributed by atoms with E-state index in [2.05, 4.69) is 113 Å². The summed E-state index contributed by atoms with van der Waals surface area (Å²) in [6, 6.07) is 17.1. The molecule has 2 aromatic carbocycles. The van der Waals surface area contributed by atoms with Gasteiger partial charge < -0.3 is 0 Å². The van der Waals surface area contributed by atoms with Gasteiger partial charge in [0.05, 0.1) is 0 Å². The van der Waals surface area contributed by atoms with E-state index >= 15 is 0 Å². The molecular formula is C28H32O2Zr. The average Bonchev–Trinajstić information content (AvgIpc) is 3.48. The molecule has 0 heterocycles. The molecule has 3 heteroatoms. The summed E-state index contributed by atoms with van der Waals surface area (Å²) in [6.45, 7) is 8.87. The summed E-state index contributed by atoms with van der Waals surface area (Å²) in [6.07, 6.45) is 15.0. The van der Waals surface area contributed by atoms with Gasteiger partial charge in [-0.1, -0.05) is 0 Å². The van der Waals surface area contributed by atoms with E-state index in [4.69, 9.17) is 5.63 Å². The molecule has 160 valence electrons. The van der Waals surface area contributed by atoms with Crippen LogP contribution in [-0.2, 0) is 21.1 Å². The molecule has 0 saturated carbocycles. The molecule has 0 saturated heterocycles. The SMILES string of the molecule is CC(C)c1cccc([O][Zr]([O]c2cccc(C(C)C)c2)([C]2=CC=CC2)[C]2=CC=CC2)c1. The topological polar surface area (TPSA) is 18.5 Å². The van der Waals surface area contributed by atoms with Crippen LogP contribution >= 0.6 is 0 Å². The molecule has 0 N–H and O–H groups in total. The van der Waals surface area contributed by atoms with Crippen LogP contribution in [0.3, 0.4) is 0 Å². The summed E-state index contributed by atoms with van der Waals surface area (Å²) in [5.41, 5.74) is 2.58. The van der Waals surface area contributed by atoms with E-state index in [-0.39, 0.29) is 0 Å². The van der Waals surface area contributed by atoms with Crippen LogP contribution in [0, 0.1) is 0 Å². The Balaban J connectivity index is 1.79. The summed E-state index contributed by atoms with van der Waals surface area (Å²) in [4.78, 5) is 0. The van der Waals surface area contributed by atoms with Crippen LogP contribution in [0.15, 0.2) is 91.5 Å². The predicted molar refractivity (Wildman–Crippen MR) is 126 cm³/mol. The molecule has 0 spiro atoms. The van der Waals surface area contributed by atoms with E-state index in [9.17, 15) is 0 Å². The zero-order valence-electron chi connectivity index (χ0n) is 19.0. The Kier molecular flexibility index (Phi) is 6.82. The van der Waals surface area contributed by atoms with Gasteiger partial charge in [0.1, 0.15) is 0 Å². The standard InChI is InChI=1S/2C9H12O.2C5H5.Zr/c2*1-7(2)8-4-3-5-9(10)6-8;2*1-2-4-5-3-1;/h2*3-7,10H,1-2H3;2*1-3H,4H2;/q;;;;+2/p-2. The van der Waals surface area contributed by atoms with Crippen LogP contribution < -0.4 is 5.63 Å². The Morgan fingerprint density at radius 1 is 0.677 bits per heavy atom. The van der Waals surface area contributed by atoms with Gasteiger partial charge in [0.2, 0.25) is 0 Å². The van der Waals surface area contributed by atoms with Gasteiger partial charge >= 0.3 is 193 Å². The van der Waals surface area contributed by atoms with Gasteiger partial charge in [-0.15, -0.1) is 0 Å². The molecule has 0 fully saturated rings. The van der Waals surface area contributed by atoms with Crippen molar-refractivity contribution in [2.24, 2.45) is 0 Å². The molecular weight excluding hydrogens is 460 g/mol. The molecule has 2 nitrogen and oxygen atoms in total. The van der Waals surface area contributed by atoms with E-state index in [1.807, 2.05) is 0 Å². The summed E-state index contributed by atoms with van der Waals surface area (Å²) in [5.74, 6) is 2.75. The summed E-state index contributed by atoms with van der Waals surface area (Å²) < 4.78 is 16.7. The Hall–Kier alpha value is -2.12. The molecule has 4 rings (SSSR count). The minimum absolute atomic E-state index is 0.455. The number of allylic oxidation sites excluding steroid dienone is 8. The maximum atomic E-state index is 7.04. The van der Waals surface area contributed by atoms with Crippen molar-refractivity contribution in [2.45, 2.75) is 52.4 Å². The molecule has 0 aromatic heterocycles. The van der Waals surface area contributed by atoms with Crippen LogP contribution in [0.5, 0.6) is 11.5 Å². The maximum absolute atomic E-state index is 7.04. The van der Waals surface area contributed by atoms with Gasteiger partial charge in [-0.05, 0) is 0 Å². The van der Waals surface area contributed by atoms with Crippen LogP contribution in [0.1, 0.15) is 63.5 Å². The van der Waals surface area contributed by atoms with E-state index in [0.717, 1.165) is 24.3 Å². The van der Waals surface area contributed by atoms with Crippen molar-refractivity contribution in [3.63, 3.8) is 0 Å². The van der Waals surface area contributed by atoms with Crippen LogP contribution in [0.25, 0.3) is 0 Å². The number of benzene rings is 2. The van der Waals surface area contributed by atoms with E-state index in [1.165, 1.54) is 17.7 Å². The fourth-order valence-electron chi connectivity index (χ4n) is 4.08. The Labute approximate surface area is 192 Å². The third kappa shape index (κ3) is 4.88. The molecule has 0 bridgehead atoms. The monoisotopic (exact) mass is 490 g/mol. The van der Waals surface area contributed by atoms with Crippen molar-refractivity contribution in [3.8, 4) is 11.5 Å². The third-order valence-corrected chi connectivity index (χ3v) is 14.5. The van der Waals surface area contributed by atoms with Crippen molar-refractivity contribution in [1.82, 2.24) is 0 Å². The molecule has 2 aliphatic carbocycles. The van der Waals surface area contributed by atoms with Gasteiger partial charge in [-0.2, -0.15) is 0 Å². The molecule has 0 atom stereocenters. The van der Waals surface area contributed by atoms with Gasteiger partial charge in [-0.3, -0.25) is 0 Å². The fraction of sp³-hybridized carbons (Fsp3) is 0.286. The fourth-order valence-corrected chi connectivity index (χ4v) is 12.2. The average molecular weight is 492 g/mol. The quantitative estimate of drug-likeness (QED) is 0.372. The zero-order chi connectivity index (χ0) is 21.8. The third-order valence-electron chi connectivity index (χ3n) is 5.96. The molecule has 2 aliphatic rings. The minimum atomic E-state index is -3.93. The van der Waals surface area contributed by atoms with Crippen LogP contribution in [-0.4, -0.2) is 0 Å². The molecule has 0 unspecified atom stereocenters. The Morgan fingerprint density at radius 3 is 1.48 bits per heavy atom. The second-order valence-electron chi connectivity index (χ2n) is 8.92. The van der Waals surface area contributed by atoms with Gasteiger partial charge in [0.25, 0.3) is 0 Å². The number of hydrogen-bond acceptors (Lipinski definition) is 2. The zero-order valence-corrected chi connectivity index (χ0v) is 21.4. The van der Waals surface area contributed by atoms with E-state index < -0.39 is 21.1 Å². The van der Waals surface area contributed by atoms with Crippen molar-refractivity contribution >= 4 is 0 Å². The molecule has 0 amide bonds. The first-order valence-electron chi connectivity index (χ1n) is 11.3. The first kappa shape index (κ1) is 22.1. The molecule has 0 radical (unpaired) electrons. The van der Waals surface area contributed by atoms with E-state index in [1.54, 1.807) is 0 Å². The molecule has 0 aliphatic heterocycles. The predicted octanol–water partition coefficient (Wildman–Crippen LogP) is 8.06. The van der Waals surface area contributed by atoms with Crippen molar-refractivity contribution in [3.05, 3.63) is 103 Å². The van der Waals surface area contributed by atoms with E-state index in [0.29, 0.717) is 11.8 Å². The number of rotatable bonds is 8. The molecule has 2 aromatic rings. The summed E-state index contributed by atoms with van der Waals surface area (Å²) >= 11 is -3.93. The second-order valence-corrected chi connectivity index (χ2v) is 16.1. The van der Waals surface area contributed by atoms with Crippen molar-refractivity contribution < 1.29 is 26.8 Å². The van der Waals surface area contributed by atoms with Crippen LogP contribution in [0.2, 0.25) is 0 Å². The summed E-state index contributed by atoms with van der Waals surface area (Å²) in [5, 5.41) is 0.